The van der Waals surface area contributed by atoms with E-state index in [1.54, 1.807) is 14.4 Å². The van der Waals surface area contributed by atoms with Crippen molar-refractivity contribution in [1.82, 2.24) is 0 Å². The molecule has 5 rings (SSSR count). The van der Waals surface area contributed by atoms with Gasteiger partial charge >= 0.3 is 200 Å². The fourth-order valence-corrected chi connectivity index (χ4v) is 17.3. The average molecular weight is 618 g/mol. The zero-order valence-electron chi connectivity index (χ0n) is 23.0. The summed E-state index contributed by atoms with van der Waals surface area (Å²) in [5, 5.41) is 2.64. The van der Waals surface area contributed by atoms with Gasteiger partial charge in [-0.2, -0.15) is 0 Å². The number of fused-ring (bicyclic) bond motifs is 2. The molecule has 1 atom stereocenters. The van der Waals surface area contributed by atoms with Gasteiger partial charge in [-0.05, 0) is 0 Å². The molecule has 0 spiro atoms. The summed E-state index contributed by atoms with van der Waals surface area (Å²) in [7, 11) is 0. The van der Waals surface area contributed by atoms with Gasteiger partial charge in [0.1, 0.15) is 0 Å². The number of rotatable bonds is 4. The van der Waals surface area contributed by atoms with Crippen LogP contribution in [0.15, 0.2) is 87.2 Å². The molecular formula is C32H43Cl2SiZr. The van der Waals surface area contributed by atoms with Crippen LogP contribution in [0.3, 0.4) is 0 Å². The second-order valence-corrected chi connectivity index (χ2v) is 103. The van der Waals surface area contributed by atoms with Crippen molar-refractivity contribution >= 4 is 48.5 Å². The van der Waals surface area contributed by atoms with Gasteiger partial charge < -0.3 is 0 Å². The molecule has 0 radical (unpaired) electrons. The number of halogens is 2. The first-order chi connectivity index (χ1) is 15.4. The molecule has 4 heteroatoms. The van der Waals surface area contributed by atoms with Gasteiger partial charge in [0.05, 0.1) is 0 Å². The SMILES string of the molecule is CCC1=Cc2c(-c3cccc4ccccc34)cccc2C1C1=[C]([Zr]([CH3])([CH3])([CH3])([CH3])([CH3])([CH3])=[SiH2])C=CC1.Cl.Cl. The summed E-state index contributed by atoms with van der Waals surface area (Å²) in [5.41, 5.74) is 8.82. The minimum Gasteiger partial charge on any atom is -0.147 e. The average Bonchev–Trinajstić information content (AvgIpc) is 3.36. The Morgan fingerprint density at radius 2 is 1.42 bits per heavy atom. The molecule has 36 heavy (non-hydrogen) atoms. The molecular weight excluding hydrogens is 575 g/mol. The Hall–Kier alpha value is -1.18. The maximum atomic E-state index is 2.62. The molecule has 3 aromatic rings. The fourth-order valence-electron chi connectivity index (χ4n) is 6.31. The Bertz CT molecular complexity index is 1630. The summed E-state index contributed by atoms with van der Waals surface area (Å²) in [6.45, 7) is 4.65. The minimum absolute atomic E-state index is 0. The van der Waals surface area contributed by atoms with Crippen LogP contribution in [0, 0.1) is 0 Å². The van der Waals surface area contributed by atoms with Gasteiger partial charge in [-0.15, -0.1) is 24.8 Å². The number of hydrogen-bond acceptors (Lipinski definition) is 0. The molecule has 0 aromatic heterocycles. The van der Waals surface area contributed by atoms with Gasteiger partial charge in [-0.3, -0.25) is 0 Å². The molecule has 1 unspecified atom stereocenters. The van der Waals surface area contributed by atoms with Gasteiger partial charge in [0, 0.05) is 0 Å². The Morgan fingerprint density at radius 1 is 0.806 bits per heavy atom. The Balaban J connectivity index is 0.00000180. The van der Waals surface area contributed by atoms with Gasteiger partial charge in [-0.25, -0.2) is 0 Å². The summed E-state index contributed by atoms with van der Waals surface area (Å²) in [6, 6.07) is 22.5. The van der Waals surface area contributed by atoms with E-state index in [-0.39, 0.29) is 24.8 Å². The van der Waals surface area contributed by atoms with Crippen LogP contribution < -0.4 is 0 Å². The molecule has 0 saturated carbocycles. The van der Waals surface area contributed by atoms with Gasteiger partial charge in [0.15, 0.2) is 0 Å². The van der Waals surface area contributed by atoms with Crippen LogP contribution in [-0.2, 0) is 12.9 Å². The number of allylic oxidation sites excluding steroid dienone is 5. The predicted octanol–water partition coefficient (Wildman–Crippen LogP) is 10.6. The first kappa shape index (κ1) is 29.4. The normalized spacial score (nSPS) is 21.3. The molecule has 0 fully saturated rings. The molecule has 193 valence electrons. The van der Waals surface area contributed by atoms with E-state index in [2.05, 4.69) is 120 Å². The van der Waals surface area contributed by atoms with Crippen molar-refractivity contribution in [2.24, 2.45) is 0 Å². The first-order valence-electron chi connectivity index (χ1n) is 13.1. The van der Waals surface area contributed by atoms with E-state index in [1.807, 2.05) is 0 Å². The standard InChI is InChI=1S/C26H21.6CH3.2ClH.H2Si.Zr/c1-2-18-17-25-23(22-14-7-12-19-9-5-6-13-21(19)22)15-8-16-24(25)26(18)20-10-3-4-11-20;;;;;;;;;;/h3-9,12-17,26H,2,10H2,1H3;6*1H3;2*1H;1H2;. The monoisotopic (exact) mass is 615 g/mol. The van der Waals surface area contributed by atoms with E-state index in [0.717, 1.165) is 12.8 Å². The second-order valence-electron chi connectivity index (χ2n) is 18.7. The van der Waals surface area contributed by atoms with Crippen LogP contribution in [0.4, 0.5) is 0 Å². The van der Waals surface area contributed by atoms with Crippen LogP contribution in [0.2, 0.25) is 27.8 Å². The summed E-state index contributed by atoms with van der Waals surface area (Å²) in [4.78, 5) is 0. The van der Waals surface area contributed by atoms with Crippen LogP contribution >= 0.6 is 24.8 Å². The van der Waals surface area contributed by atoms with Crippen molar-refractivity contribution in [1.29, 1.82) is 0 Å². The molecule has 0 amide bonds. The Morgan fingerprint density at radius 3 is 2.08 bits per heavy atom. The van der Waals surface area contributed by atoms with E-state index < -0.39 is 12.9 Å². The van der Waals surface area contributed by atoms with Crippen LogP contribution in [0.25, 0.3) is 28.0 Å². The van der Waals surface area contributed by atoms with Gasteiger partial charge in [0.25, 0.3) is 0 Å². The van der Waals surface area contributed by atoms with Crippen molar-refractivity contribution in [3.05, 3.63) is 98.4 Å². The second kappa shape index (κ2) is 7.06. The van der Waals surface area contributed by atoms with Crippen molar-refractivity contribution < 1.29 is 12.9 Å². The smallest absolute Gasteiger partial charge is 0.147 e. The molecule has 0 heterocycles. The molecule has 0 aliphatic heterocycles. The van der Waals surface area contributed by atoms with Crippen molar-refractivity contribution in [2.45, 2.75) is 53.5 Å². The molecule has 0 N–H and O–H groups in total. The largest absolute Gasteiger partial charge is 0.147 e. The van der Waals surface area contributed by atoms with Crippen molar-refractivity contribution in [3.63, 3.8) is 0 Å². The van der Waals surface area contributed by atoms with E-state index in [9.17, 15) is 0 Å². The molecule has 0 nitrogen and oxygen atoms in total. The Labute approximate surface area is 222 Å². The third-order valence-corrected chi connectivity index (χ3v) is 20.1. The third-order valence-electron chi connectivity index (χ3n) is 7.76. The summed E-state index contributed by atoms with van der Waals surface area (Å²) in [5.74, 6) is 0.384. The molecule has 2 aliphatic rings. The van der Waals surface area contributed by atoms with E-state index >= 15 is 0 Å². The number of benzene rings is 3. The zero-order chi connectivity index (χ0) is 24.7. The molecule has 3 aromatic carbocycles. The van der Waals surface area contributed by atoms with Gasteiger partial charge in [-0.1, -0.05) is 0 Å². The summed E-state index contributed by atoms with van der Waals surface area (Å²) in [6.07, 6.45) is 9.59. The third kappa shape index (κ3) is 5.22. The van der Waals surface area contributed by atoms with E-state index in [4.69, 9.17) is 0 Å². The first-order valence-corrected chi connectivity index (χ1v) is 35.0. The maximum absolute atomic E-state index is 4.49. The Kier molecular flexibility index (Phi) is 5.76. The predicted molar refractivity (Wildman–Crippen MR) is 169 cm³/mol. The zero-order valence-corrected chi connectivity index (χ0v) is 28.5. The molecule has 2 aliphatic carbocycles. The molecule has 0 bridgehead atoms. The quantitative estimate of drug-likeness (QED) is 0.256. The maximum Gasteiger partial charge on any atom is -0.147 e. The summed E-state index contributed by atoms with van der Waals surface area (Å²) < 4.78 is 17.3. The van der Waals surface area contributed by atoms with E-state index in [1.165, 1.54) is 33.0 Å². The van der Waals surface area contributed by atoms with Crippen molar-refractivity contribution in [3.8, 4) is 11.1 Å². The number of hydrogen-bond donors (Lipinski definition) is 0. The minimum atomic E-state index is -4.49. The fraction of sp³-hybridized carbons (Fsp3) is 0.312. The van der Waals surface area contributed by atoms with Crippen molar-refractivity contribution in [2.75, 3.05) is 0 Å². The van der Waals surface area contributed by atoms with Crippen LogP contribution in [0.1, 0.15) is 36.8 Å². The van der Waals surface area contributed by atoms with Gasteiger partial charge in [0.2, 0.25) is 0 Å². The summed E-state index contributed by atoms with van der Waals surface area (Å²) >= 11 is -4.49. The van der Waals surface area contributed by atoms with Crippen LogP contribution in [-0.4, -0.2) is 6.88 Å². The van der Waals surface area contributed by atoms with E-state index in [0.29, 0.717) is 5.92 Å². The van der Waals surface area contributed by atoms with Crippen LogP contribution in [0.5, 0.6) is 0 Å². The topological polar surface area (TPSA) is 0 Å². The molecule has 0 saturated heterocycles.